The number of hydrogen-bond donors (Lipinski definition) is 1. The van der Waals surface area contributed by atoms with E-state index in [1.165, 1.54) is 0 Å². The van der Waals surface area contributed by atoms with Crippen LogP contribution in [0.5, 0.6) is 0 Å². The molecule has 0 saturated heterocycles. The Morgan fingerprint density at radius 3 is 2.64 bits per heavy atom. The van der Waals surface area contributed by atoms with Gasteiger partial charge in [-0.1, -0.05) is 11.2 Å². The molecule has 0 bridgehead atoms. The Morgan fingerprint density at radius 1 is 1.50 bits per heavy atom. The Kier molecular flexibility index (Phi) is 2.70. The zero-order chi connectivity index (χ0) is 10.8. The molecule has 1 aromatic rings. The Morgan fingerprint density at radius 2 is 2.14 bits per heavy atom. The lowest BCUT2D eigenvalue weighted by Crippen LogP contribution is -2.12. The largest absolute Gasteiger partial charge is 0.238 e. The first-order valence-corrected chi connectivity index (χ1v) is 4.88. The molecule has 0 atom stereocenters. The summed E-state index contributed by atoms with van der Waals surface area (Å²) in [6, 6.07) is 3.19. The zero-order valence-electron chi connectivity index (χ0n) is 6.75. The fraction of sp³-hybridized carbons (Fsp3) is 0. The summed E-state index contributed by atoms with van der Waals surface area (Å²) in [5.74, 6) is -0.936. The minimum atomic E-state index is -4.08. The highest BCUT2D eigenvalue weighted by atomic mass is 32.2. The Balaban J connectivity index is 3.60. The van der Waals surface area contributed by atoms with E-state index < -0.39 is 26.4 Å². The van der Waals surface area contributed by atoms with Crippen LogP contribution in [0.25, 0.3) is 10.4 Å². The first-order chi connectivity index (χ1) is 6.46. The smallest absolute Gasteiger partial charge is 0.225 e. The third kappa shape index (κ3) is 1.99. The molecule has 0 heterocycles. The molecule has 1 rings (SSSR count). The SMILES string of the molecule is [N-]=[N+]=Nc1c(F)cccc1S(N)(=O)=O. The summed E-state index contributed by atoms with van der Waals surface area (Å²) in [6.45, 7) is 0. The fourth-order valence-electron chi connectivity index (χ4n) is 0.867. The molecule has 0 amide bonds. The van der Waals surface area contributed by atoms with Crippen LogP contribution in [0.1, 0.15) is 0 Å². The number of primary sulfonamides is 1. The second kappa shape index (κ2) is 3.62. The van der Waals surface area contributed by atoms with Crippen molar-refractivity contribution in [1.29, 1.82) is 0 Å². The maximum absolute atomic E-state index is 13.0. The second-order valence-corrected chi connectivity index (χ2v) is 3.85. The predicted molar refractivity (Wildman–Crippen MR) is 46.6 cm³/mol. The Labute approximate surface area is 78.8 Å². The minimum Gasteiger partial charge on any atom is -0.225 e. The zero-order valence-corrected chi connectivity index (χ0v) is 7.57. The lowest BCUT2D eigenvalue weighted by Gasteiger charge is -2.02. The highest BCUT2D eigenvalue weighted by Gasteiger charge is 2.15. The fourth-order valence-corrected chi connectivity index (χ4v) is 1.54. The Hall–Kier alpha value is -1.63. The van der Waals surface area contributed by atoms with Gasteiger partial charge in [-0.3, -0.25) is 0 Å². The topological polar surface area (TPSA) is 109 Å². The first kappa shape index (κ1) is 10.5. The van der Waals surface area contributed by atoms with Gasteiger partial charge in [0.15, 0.2) is 0 Å². The van der Waals surface area contributed by atoms with Gasteiger partial charge in [0.05, 0.1) is 10.6 Å². The average molecular weight is 216 g/mol. The van der Waals surface area contributed by atoms with E-state index in [-0.39, 0.29) is 0 Å². The summed E-state index contributed by atoms with van der Waals surface area (Å²) in [4.78, 5) is 1.77. The van der Waals surface area contributed by atoms with Gasteiger partial charge in [-0.05, 0) is 17.7 Å². The lowest BCUT2D eigenvalue weighted by molar-refractivity contribution is 0.593. The van der Waals surface area contributed by atoms with Crippen molar-refractivity contribution < 1.29 is 12.8 Å². The summed E-state index contributed by atoms with van der Waals surface area (Å²) in [5.41, 5.74) is 7.48. The van der Waals surface area contributed by atoms with Gasteiger partial charge in [0.2, 0.25) is 10.0 Å². The number of nitrogens with two attached hydrogens (primary N) is 1. The number of halogens is 1. The van der Waals surface area contributed by atoms with Gasteiger partial charge in [0.25, 0.3) is 0 Å². The van der Waals surface area contributed by atoms with E-state index in [1.54, 1.807) is 0 Å². The molecule has 0 saturated carbocycles. The van der Waals surface area contributed by atoms with Crippen LogP contribution < -0.4 is 5.14 Å². The number of benzene rings is 1. The summed E-state index contributed by atoms with van der Waals surface area (Å²) in [7, 11) is -4.08. The van der Waals surface area contributed by atoms with Crippen LogP contribution in [-0.2, 0) is 10.0 Å². The highest BCUT2D eigenvalue weighted by Crippen LogP contribution is 2.26. The van der Waals surface area contributed by atoms with Crippen molar-refractivity contribution in [3.63, 3.8) is 0 Å². The molecular formula is C6H5FN4O2S. The standard InChI is InChI=1S/C6H5FN4O2S/c7-4-2-1-3-5(14(9,12)13)6(4)10-11-8/h1-3H,(H2,9,12,13). The molecule has 1 aromatic carbocycles. The van der Waals surface area contributed by atoms with E-state index in [2.05, 4.69) is 10.0 Å². The van der Waals surface area contributed by atoms with E-state index >= 15 is 0 Å². The summed E-state index contributed by atoms with van der Waals surface area (Å²) in [5, 5.41) is 7.70. The van der Waals surface area contributed by atoms with Gasteiger partial charge in [0, 0.05) is 4.91 Å². The third-order valence-electron chi connectivity index (χ3n) is 1.40. The van der Waals surface area contributed by atoms with Gasteiger partial charge in [-0.2, -0.15) is 0 Å². The maximum Gasteiger partial charge on any atom is 0.238 e. The number of azide groups is 1. The van der Waals surface area contributed by atoms with Crippen molar-refractivity contribution in [2.24, 2.45) is 10.3 Å². The van der Waals surface area contributed by atoms with E-state index in [4.69, 9.17) is 10.7 Å². The first-order valence-electron chi connectivity index (χ1n) is 3.33. The molecule has 6 nitrogen and oxygen atoms in total. The Bertz CT molecular complexity index is 507. The molecule has 0 unspecified atom stereocenters. The van der Waals surface area contributed by atoms with Crippen LogP contribution in [0.3, 0.4) is 0 Å². The van der Waals surface area contributed by atoms with Crippen LogP contribution in [0.2, 0.25) is 0 Å². The molecule has 0 aromatic heterocycles. The van der Waals surface area contributed by atoms with Crippen molar-refractivity contribution in [1.82, 2.24) is 0 Å². The molecule has 0 aliphatic rings. The highest BCUT2D eigenvalue weighted by molar-refractivity contribution is 7.89. The van der Waals surface area contributed by atoms with Crippen LogP contribution >= 0.6 is 0 Å². The summed E-state index contributed by atoms with van der Waals surface area (Å²) >= 11 is 0. The lowest BCUT2D eigenvalue weighted by atomic mass is 10.3. The quantitative estimate of drug-likeness (QED) is 0.458. The van der Waals surface area contributed by atoms with Gasteiger partial charge < -0.3 is 0 Å². The van der Waals surface area contributed by atoms with Crippen molar-refractivity contribution >= 4 is 15.7 Å². The van der Waals surface area contributed by atoms with Crippen LogP contribution in [0.4, 0.5) is 10.1 Å². The molecule has 0 fully saturated rings. The molecular weight excluding hydrogens is 211 g/mol. The van der Waals surface area contributed by atoms with Crippen LogP contribution in [0.15, 0.2) is 28.2 Å². The molecule has 0 radical (unpaired) electrons. The second-order valence-electron chi connectivity index (χ2n) is 2.32. The van der Waals surface area contributed by atoms with Crippen molar-refractivity contribution in [2.75, 3.05) is 0 Å². The number of nitrogens with zero attached hydrogens (tertiary/aromatic N) is 3. The van der Waals surface area contributed by atoms with Gasteiger partial charge in [-0.15, -0.1) is 0 Å². The molecule has 0 aliphatic carbocycles. The third-order valence-corrected chi connectivity index (χ3v) is 2.34. The number of sulfonamides is 1. The average Bonchev–Trinajstić information content (AvgIpc) is 2.07. The molecule has 0 spiro atoms. The van der Waals surface area contributed by atoms with Crippen molar-refractivity contribution in [2.45, 2.75) is 4.90 Å². The predicted octanol–water partition coefficient (Wildman–Crippen LogP) is 1.41. The molecule has 8 heteroatoms. The minimum absolute atomic E-state index is 0.532. The van der Waals surface area contributed by atoms with E-state index in [0.29, 0.717) is 0 Å². The number of hydrogen-bond acceptors (Lipinski definition) is 3. The van der Waals surface area contributed by atoms with E-state index in [0.717, 1.165) is 18.2 Å². The molecule has 2 N–H and O–H groups in total. The van der Waals surface area contributed by atoms with Crippen LogP contribution in [-0.4, -0.2) is 8.42 Å². The van der Waals surface area contributed by atoms with Gasteiger partial charge in [-0.25, -0.2) is 17.9 Å². The van der Waals surface area contributed by atoms with E-state index in [1.807, 2.05) is 0 Å². The monoisotopic (exact) mass is 216 g/mol. The molecule has 74 valence electrons. The number of rotatable bonds is 2. The summed E-state index contributed by atoms with van der Waals surface area (Å²) < 4.78 is 34.8. The maximum atomic E-state index is 13.0. The van der Waals surface area contributed by atoms with Crippen molar-refractivity contribution in [3.8, 4) is 0 Å². The molecule has 0 aliphatic heterocycles. The molecule has 14 heavy (non-hydrogen) atoms. The summed E-state index contributed by atoms with van der Waals surface area (Å²) in [6.07, 6.45) is 0. The van der Waals surface area contributed by atoms with Crippen molar-refractivity contribution in [3.05, 3.63) is 34.5 Å². The van der Waals surface area contributed by atoms with E-state index in [9.17, 15) is 12.8 Å². The van der Waals surface area contributed by atoms with Gasteiger partial charge in [0.1, 0.15) is 5.82 Å². The normalized spacial score (nSPS) is 10.7. The van der Waals surface area contributed by atoms with Gasteiger partial charge >= 0.3 is 0 Å². The van der Waals surface area contributed by atoms with Crippen LogP contribution in [0, 0.1) is 5.82 Å².